The molecule has 0 spiro atoms. The second-order valence-corrected chi connectivity index (χ2v) is 6.35. The maximum atomic E-state index is 12.3. The van der Waals surface area contributed by atoms with Gasteiger partial charge in [-0.25, -0.2) is 4.98 Å². The molecule has 0 aliphatic heterocycles. The van der Waals surface area contributed by atoms with Crippen molar-refractivity contribution in [1.82, 2.24) is 4.98 Å². The van der Waals surface area contributed by atoms with Gasteiger partial charge in [-0.3, -0.25) is 4.79 Å². The lowest BCUT2D eigenvalue weighted by atomic mass is 10.2. The first kappa shape index (κ1) is 16.4. The van der Waals surface area contributed by atoms with E-state index in [2.05, 4.69) is 11.2 Å². The first-order valence-electron chi connectivity index (χ1n) is 7.17. The van der Waals surface area contributed by atoms with Crippen LogP contribution in [0.3, 0.4) is 0 Å². The summed E-state index contributed by atoms with van der Waals surface area (Å²) in [5.74, 6) is 0.486. The number of hydrogen-bond acceptors (Lipinski definition) is 4. The van der Waals surface area contributed by atoms with Crippen molar-refractivity contribution in [1.29, 1.82) is 0 Å². The molecule has 24 heavy (non-hydrogen) atoms. The van der Waals surface area contributed by atoms with Crippen LogP contribution in [0.25, 0.3) is 16.6 Å². The lowest BCUT2D eigenvalue weighted by molar-refractivity contribution is 0.105. The molecular weight excluding hydrogens is 342 g/mol. The molecule has 1 aromatic heterocycles. The van der Waals surface area contributed by atoms with Crippen molar-refractivity contribution in [2.45, 2.75) is 0 Å². The number of halogens is 1. The number of benzene rings is 2. The molecule has 3 rings (SSSR count). The molecule has 0 aliphatic carbocycles. The standard InChI is InChI=1S/C19H13ClNO2S/c1-23-17-11-14(20)8-9-15(17)19-21-12-18(24-19)16(22)10-7-13-5-3-2-4-6-13/h2-11H,1H3. The third-order valence-corrected chi connectivity index (χ3v) is 4.54. The van der Waals surface area contributed by atoms with Crippen LogP contribution in [0.5, 0.6) is 5.75 Å². The Kier molecular flexibility index (Phi) is 5.08. The number of carbonyl (C=O) groups is 1. The number of aromatic nitrogens is 1. The zero-order valence-electron chi connectivity index (χ0n) is 12.8. The predicted molar refractivity (Wildman–Crippen MR) is 97.8 cm³/mol. The second kappa shape index (κ2) is 7.43. The van der Waals surface area contributed by atoms with Gasteiger partial charge in [-0.05, 0) is 29.8 Å². The highest BCUT2D eigenvalue weighted by Crippen LogP contribution is 2.34. The molecular formula is C19H13ClNO2S. The maximum absolute atomic E-state index is 12.3. The van der Waals surface area contributed by atoms with E-state index in [4.69, 9.17) is 16.3 Å². The highest BCUT2D eigenvalue weighted by molar-refractivity contribution is 7.17. The van der Waals surface area contributed by atoms with E-state index in [1.165, 1.54) is 17.4 Å². The van der Waals surface area contributed by atoms with Crippen molar-refractivity contribution in [3.05, 3.63) is 76.3 Å². The van der Waals surface area contributed by atoms with Gasteiger partial charge < -0.3 is 4.74 Å². The molecule has 0 atom stereocenters. The van der Waals surface area contributed by atoms with Crippen LogP contribution in [0.1, 0.15) is 15.2 Å². The van der Waals surface area contributed by atoms with Gasteiger partial charge in [0.1, 0.15) is 21.8 Å². The summed E-state index contributed by atoms with van der Waals surface area (Å²) in [6.07, 6.45) is 6.09. The first-order valence-corrected chi connectivity index (χ1v) is 8.36. The van der Waals surface area contributed by atoms with E-state index in [0.29, 0.717) is 20.7 Å². The Labute approximate surface area is 149 Å². The Morgan fingerprint density at radius 3 is 2.79 bits per heavy atom. The highest BCUT2D eigenvalue weighted by Gasteiger charge is 2.14. The van der Waals surface area contributed by atoms with Crippen molar-refractivity contribution in [2.24, 2.45) is 0 Å². The van der Waals surface area contributed by atoms with E-state index in [-0.39, 0.29) is 5.78 Å². The number of allylic oxidation sites excluding steroid dienone is 1. The number of hydrogen-bond donors (Lipinski definition) is 0. The van der Waals surface area contributed by atoms with Gasteiger partial charge in [-0.1, -0.05) is 48.0 Å². The number of thiazole rings is 1. The number of carbonyl (C=O) groups excluding carboxylic acids is 1. The first-order chi connectivity index (χ1) is 11.7. The van der Waals surface area contributed by atoms with E-state index in [9.17, 15) is 4.79 Å². The highest BCUT2D eigenvalue weighted by atomic mass is 35.5. The quantitative estimate of drug-likeness (QED) is 0.468. The Hall–Kier alpha value is -2.43. The molecule has 1 radical (unpaired) electrons. The molecule has 0 aliphatic rings. The largest absolute Gasteiger partial charge is 0.496 e. The minimum Gasteiger partial charge on any atom is -0.496 e. The van der Waals surface area contributed by atoms with Crippen molar-refractivity contribution in [3.8, 4) is 16.3 Å². The number of ketones is 1. The summed E-state index contributed by atoms with van der Waals surface area (Å²) in [6, 6.07) is 15.0. The summed E-state index contributed by atoms with van der Waals surface area (Å²) in [5.41, 5.74) is 1.75. The van der Waals surface area contributed by atoms with Crippen LogP contribution >= 0.6 is 22.9 Å². The Morgan fingerprint density at radius 2 is 2.04 bits per heavy atom. The molecule has 3 nitrogen and oxygen atoms in total. The molecule has 0 bridgehead atoms. The second-order valence-electron chi connectivity index (χ2n) is 4.91. The smallest absolute Gasteiger partial charge is 0.198 e. The van der Waals surface area contributed by atoms with Gasteiger partial charge in [-0.15, -0.1) is 11.3 Å². The molecule has 0 amide bonds. The summed E-state index contributed by atoms with van der Waals surface area (Å²) in [5, 5.41) is 1.25. The van der Waals surface area contributed by atoms with Crippen LogP contribution in [-0.2, 0) is 0 Å². The molecule has 1 heterocycles. The van der Waals surface area contributed by atoms with E-state index in [0.717, 1.165) is 11.1 Å². The monoisotopic (exact) mass is 354 g/mol. The zero-order chi connectivity index (χ0) is 16.9. The SMILES string of the molecule is COc1cc(Cl)ccc1-c1n[c]c(C(=O)C=Cc2ccccc2)s1. The van der Waals surface area contributed by atoms with E-state index in [1.54, 1.807) is 25.3 Å². The number of nitrogens with zero attached hydrogens (tertiary/aromatic N) is 1. The predicted octanol–water partition coefficient (Wildman–Crippen LogP) is 5.17. The van der Waals surface area contributed by atoms with E-state index in [1.807, 2.05) is 36.4 Å². The summed E-state index contributed by atoms with van der Waals surface area (Å²) in [6.45, 7) is 0. The fourth-order valence-corrected chi connectivity index (χ4v) is 3.10. The number of ether oxygens (including phenoxy) is 1. The fraction of sp³-hybridized carbons (Fsp3) is 0.0526. The Balaban J connectivity index is 1.83. The minimum atomic E-state index is -0.129. The van der Waals surface area contributed by atoms with Gasteiger partial charge in [0.15, 0.2) is 5.78 Å². The molecule has 3 aromatic rings. The molecule has 0 unspecified atom stereocenters. The zero-order valence-corrected chi connectivity index (χ0v) is 14.4. The normalized spacial score (nSPS) is 10.9. The third-order valence-electron chi connectivity index (χ3n) is 3.30. The fourth-order valence-electron chi connectivity index (χ4n) is 2.12. The molecule has 119 valence electrons. The van der Waals surface area contributed by atoms with Crippen molar-refractivity contribution < 1.29 is 9.53 Å². The molecule has 2 aromatic carbocycles. The number of rotatable bonds is 5. The van der Waals surface area contributed by atoms with Crippen molar-refractivity contribution >= 4 is 34.8 Å². The lowest BCUT2D eigenvalue weighted by Crippen LogP contribution is -1.89. The van der Waals surface area contributed by atoms with Gasteiger partial charge in [0, 0.05) is 5.02 Å². The van der Waals surface area contributed by atoms with Gasteiger partial charge in [0.05, 0.1) is 12.7 Å². The average molecular weight is 355 g/mol. The molecule has 0 saturated carbocycles. The Morgan fingerprint density at radius 1 is 1.25 bits per heavy atom. The average Bonchev–Trinajstić information content (AvgIpc) is 3.10. The van der Waals surface area contributed by atoms with Crippen LogP contribution < -0.4 is 4.74 Å². The van der Waals surface area contributed by atoms with Gasteiger partial charge >= 0.3 is 0 Å². The summed E-state index contributed by atoms with van der Waals surface area (Å²) < 4.78 is 5.33. The van der Waals surface area contributed by atoms with Crippen LogP contribution in [0.2, 0.25) is 5.02 Å². The van der Waals surface area contributed by atoms with Gasteiger partial charge in [0.25, 0.3) is 0 Å². The molecule has 0 fully saturated rings. The molecule has 0 N–H and O–H groups in total. The van der Waals surface area contributed by atoms with Crippen LogP contribution in [-0.4, -0.2) is 17.9 Å². The van der Waals surface area contributed by atoms with Gasteiger partial charge in [0.2, 0.25) is 0 Å². The van der Waals surface area contributed by atoms with E-state index >= 15 is 0 Å². The van der Waals surface area contributed by atoms with Crippen LogP contribution in [0.15, 0.2) is 54.6 Å². The van der Waals surface area contributed by atoms with Crippen LogP contribution in [0.4, 0.5) is 0 Å². The number of methoxy groups -OCH3 is 1. The van der Waals surface area contributed by atoms with Crippen molar-refractivity contribution in [2.75, 3.05) is 7.11 Å². The minimum absolute atomic E-state index is 0.129. The summed E-state index contributed by atoms with van der Waals surface area (Å²) in [7, 11) is 1.57. The van der Waals surface area contributed by atoms with Crippen LogP contribution in [0, 0.1) is 6.20 Å². The lowest BCUT2D eigenvalue weighted by Gasteiger charge is -2.05. The summed E-state index contributed by atoms with van der Waals surface area (Å²) >= 11 is 7.24. The topological polar surface area (TPSA) is 39.2 Å². The molecule has 5 heteroatoms. The van der Waals surface area contributed by atoms with E-state index < -0.39 is 0 Å². The van der Waals surface area contributed by atoms with Crippen molar-refractivity contribution in [3.63, 3.8) is 0 Å². The Bertz CT molecular complexity index is 887. The third kappa shape index (κ3) is 3.72. The molecule has 0 saturated heterocycles. The van der Waals surface area contributed by atoms with Gasteiger partial charge in [-0.2, -0.15) is 0 Å². The summed E-state index contributed by atoms with van der Waals surface area (Å²) in [4.78, 5) is 16.9. The maximum Gasteiger partial charge on any atom is 0.198 e.